The highest BCUT2D eigenvalue weighted by atomic mass is 14.4. The van der Waals surface area contributed by atoms with Crippen LogP contribution in [0.2, 0.25) is 0 Å². The summed E-state index contributed by atoms with van der Waals surface area (Å²) in [7, 11) is 0. The largest absolute Gasteiger partial charge is 0.0619 e. The van der Waals surface area contributed by atoms with E-state index < -0.39 is 0 Å². The average Bonchev–Trinajstić information content (AvgIpc) is 3.39. The fourth-order valence-electron chi connectivity index (χ4n) is 8.73. The highest BCUT2D eigenvalue weighted by Gasteiger charge is 2.37. The number of benzene rings is 9. The van der Waals surface area contributed by atoms with Crippen molar-refractivity contribution in [2.75, 3.05) is 0 Å². The van der Waals surface area contributed by atoms with Crippen LogP contribution in [-0.2, 0) is 5.41 Å². The standard InChI is InChI=1S/C49H34/c1-49(2)44-25-12-11-24-42(44)48-37-19-6-5-18-36(37)43(30-45(48)49)33-16-13-17-34(29-33)46-38-20-7-9-22-40(38)47(41-23-10-8-21-39(41)46)35-27-26-31-14-3-4-15-32(31)28-35/h3-30H,1-2H3. The number of fused-ring (bicyclic) bond motifs is 8. The van der Waals surface area contributed by atoms with Crippen LogP contribution in [0, 0.1) is 0 Å². The maximum atomic E-state index is 2.48. The summed E-state index contributed by atoms with van der Waals surface area (Å²) in [6, 6.07) is 63.1. The Labute approximate surface area is 286 Å². The van der Waals surface area contributed by atoms with Gasteiger partial charge in [0, 0.05) is 5.41 Å². The van der Waals surface area contributed by atoms with Crippen LogP contribution < -0.4 is 0 Å². The van der Waals surface area contributed by atoms with Crippen LogP contribution in [0.5, 0.6) is 0 Å². The van der Waals surface area contributed by atoms with Gasteiger partial charge in [0.2, 0.25) is 0 Å². The molecule has 0 radical (unpaired) electrons. The quantitative estimate of drug-likeness (QED) is 0.172. The lowest BCUT2D eigenvalue weighted by atomic mass is 9.80. The fraction of sp³-hybridized carbons (Fsp3) is 0.0612. The normalized spacial score (nSPS) is 13.3. The summed E-state index contributed by atoms with van der Waals surface area (Å²) in [5, 5.41) is 10.3. The van der Waals surface area contributed by atoms with E-state index in [0.29, 0.717) is 0 Å². The van der Waals surface area contributed by atoms with Gasteiger partial charge in [-0.3, -0.25) is 0 Å². The third kappa shape index (κ3) is 4.11. The highest BCUT2D eigenvalue weighted by Crippen LogP contribution is 2.53. The van der Waals surface area contributed by atoms with Crippen molar-refractivity contribution in [3.63, 3.8) is 0 Å². The Balaban J connectivity index is 1.23. The van der Waals surface area contributed by atoms with E-state index in [4.69, 9.17) is 0 Å². The molecule has 0 atom stereocenters. The smallest absolute Gasteiger partial charge is 0.0159 e. The van der Waals surface area contributed by atoms with Gasteiger partial charge in [-0.1, -0.05) is 166 Å². The summed E-state index contributed by atoms with van der Waals surface area (Å²) < 4.78 is 0. The second-order valence-electron chi connectivity index (χ2n) is 14.0. The Kier molecular flexibility index (Phi) is 6.02. The van der Waals surface area contributed by atoms with Gasteiger partial charge < -0.3 is 0 Å². The lowest BCUT2D eigenvalue weighted by molar-refractivity contribution is 0.661. The Hall–Kier alpha value is -5.98. The van der Waals surface area contributed by atoms with Crippen molar-refractivity contribution in [1.29, 1.82) is 0 Å². The molecule has 0 aliphatic heterocycles. The number of hydrogen-bond donors (Lipinski definition) is 0. The molecule has 9 aromatic rings. The lowest BCUT2D eigenvalue weighted by Gasteiger charge is -2.23. The van der Waals surface area contributed by atoms with E-state index in [2.05, 4.69) is 184 Å². The van der Waals surface area contributed by atoms with E-state index in [1.807, 2.05) is 0 Å². The zero-order valence-electron chi connectivity index (χ0n) is 27.7. The molecule has 0 N–H and O–H groups in total. The van der Waals surface area contributed by atoms with Crippen LogP contribution in [0.3, 0.4) is 0 Å². The Bertz CT molecular complexity index is 2740. The molecule has 10 rings (SSSR count). The molecule has 1 aliphatic rings. The van der Waals surface area contributed by atoms with E-state index in [1.54, 1.807) is 0 Å². The van der Waals surface area contributed by atoms with Gasteiger partial charge in [0.1, 0.15) is 0 Å². The zero-order chi connectivity index (χ0) is 32.7. The molecule has 0 fully saturated rings. The Morgan fingerprint density at radius 2 is 0.816 bits per heavy atom. The van der Waals surface area contributed by atoms with Gasteiger partial charge in [-0.25, -0.2) is 0 Å². The van der Waals surface area contributed by atoms with Crippen molar-refractivity contribution in [1.82, 2.24) is 0 Å². The predicted molar refractivity (Wildman–Crippen MR) is 210 cm³/mol. The maximum absolute atomic E-state index is 2.48. The molecule has 49 heavy (non-hydrogen) atoms. The van der Waals surface area contributed by atoms with Crippen molar-refractivity contribution < 1.29 is 0 Å². The van der Waals surface area contributed by atoms with Gasteiger partial charge in [0.15, 0.2) is 0 Å². The first-order chi connectivity index (χ1) is 24.1. The minimum atomic E-state index is -0.0761. The van der Waals surface area contributed by atoms with Crippen molar-refractivity contribution in [2.45, 2.75) is 19.3 Å². The van der Waals surface area contributed by atoms with Crippen molar-refractivity contribution in [3.8, 4) is 44.5 Å². The second-order valence-corrected chi connectivity index (χ2v) is 14.0. The second kappa shape index (κ2) is 10.5. The van der Waals surface area contributed by atoms with E-state index >= 15 is 0 Å². The first kappa shape index (κ1) is 28.1. The number of rotatable bonds is 3. The fourth-order valence-corrected chi connectivity index (χ4v) is 8.73. The monoisotopic (exact) mass is 622 g/mol. The van der Waals surface area contributed by atoms with Gasteiger partial charge >= 0.3 is 0 Å². The summed E-state index contributed by atoms with van der Waals surface area (Å²) in [6.07, 6.45) is 0. The number of hydrogen-bond acceptors (Lipinski definition) is 0. The van der Waals surface area contributed by atoms with Gasteiger partial charge in [0.25, 0.3) is 0 Å². The third-order valence-electron chi connectivity index (χ3n) is 11.0. The van der Waals surface area contributed by atoms with Crippen LogP contribution in [0.4, 0.5) is 0 Å². The minimum Gasteiger partial charge on any atom is -0.0619 e. The van der Waals surface area contributed by atoms with Crippen molar-refractivity contribution >= 4 is 43.1 Å². The average molecular weight is 623 g/mol. The topological polar surface area (TPSA) is 0 Å². The molecule has 0 nitrogen and oxygen atoms in total. The van der Waals surface area contributed by atoms with Crippen molar-refractivity contribution in [2.24, 2.45) is 0 Å². The van der Waals surface area contributed by atoms with Crippen LogP contribution >= 0.6 is 0 Å². The Morgan fingerprint density at radius 1 is 0.306 bits per heavy atom. The first-order valence-corrected chi connectivity index (χ1v) is 17.3. The summed E-state index contributed by atoms with van der Waals surface area (Å²) in [6.45, 7) is 4.75. The molecule has 0 heteroatoms. The summed E-state index contributed by atoms with van der Waals surface area (Å²) in [5.74, 6) is 0. The molecule has 0 saturated carbocycles. The van der Waals surface area contributed by atoms with E-state index in [0.717, 1.165) is 0 Å². The van der Waals surface area contributed by atoms with E-state index in [9.17, 15) is 0 Å². The van der Waals surface area contributed by atoms with Crippen LogP contribution in [-0.4, -0.2) is 0 Å². The molecule has 0 aromatic heterocycles. The predicted octanol–water partition coefficient (Wildman–Crippen LogP) is 13.6. The summed E-state index contributed by atoms with van der Waals surface area (Å²) in [5.41, 5.74) is 13.1. The molecule has 230 valence electrons. The van der Waals surface area contributed by atoms with Gasteiger partial charge in [0.05, 0.1) is 0 Å². The molecule has 0 unspecified atom stereocenters. The Morgan fingerprint density at radius 3 is 1.49 bits per heavy atom. The molecule has 0 spiro atoms. The lowest BCUT2D eigenvalue weighted by Crippen LogP contribution is -2.15. The van der Waals surface area contributed by atoms with E-state index in [-0.39, 0.29) is 5.41 Å². The SMILES string of the molecule is CC1(C)c2ccccc2-c2c1cc(-c1cccc(-c3c4ccccc4c(-c4ccc5ccccc5c4)c4ccccc34)c1)c1ccccc21. The molecule has 0 saturated heterocycles. The zero-order valence-corrected chi connectivity index (χ0v) is 27.7. The summed E-state index contributed by atoms with van der Waals surface area (Å²) >= 11 is 0. The van der Waals surface area contributed by atoms with Crippen LogP contribution in [0.1, 0.15) is 25.0 Å². The maximum Gasteiger partial charge on any atom is 0.0159 e. The van der Waals surface area contributed by atoms with Crippen molar-refractivity contribution in [3.05, 3.63) is 181 Å². The molecule has 1 aliphatic carbocycles. The first-order valence-electron chi connectivity index (χ1n) is 17.3. The molecular formula is C49H34. The highest BCUT2D eigenvalue weighted by molar-refractivity contribution is 6.22. The molecular weight excluding hydrogens is 589 g/mol. The molecule has 0 amide bonds. The third-order valence-corrected chi connectivity index (χ3v) is 11.0. The van der Waals surface area contributed by atoms with Gasteiger partial charge in [-0.2, -0.15) is 0 Å². The summed E-state index contributed by atoms with van der Waals surface area (Å²) in [4.78, 5) is 0. The van der Waals surface area contributed by atoms with E-state index in [1.165, 1.54) is 98.7 Å². The minimum absolute atomic E-state index is 0.0761. The molecule has 9 aromatic carbocycles. The van der Waals surface area contributed by atoms with Gasteiger partial charge in [-0.05, 0) is 117 Å². The van der Waals surface area contributed by atoms with Crippen LogP contribution in [0.15, 0.2) is 170 Å². The molecule has 0 bridgehead atoms. The van der Waals surface area contributed by atoms with Gasteiger partial charge in [-0.15, -0.1) is 0 Å². The molecule has 0 heterocycles. The van der Waals surface area contributed by atoms with Crippen LogP contribution in [0.25, 0.3) is 87.6 Å².